The number of nitrogens with one attached hydrogen (secondary N) is 1. The van der Waals surface area contributed by atoms with Gasteiger partial charge in [0, 0.05) is 36.8 Å². The molecule has 2 aromatic heterocycles. The first-order valence-corrected chi connectivity index (χ1v) is 8.49. The van der Waals surface area contributed by atoms with Crippen LogP contribution >= 0.6 is 0 Å². The number of piperidine rings is 1. The number of aryl methyl sites for hydroxylation is 1. The van der Waals surface area contributed by atoms with Crippen LogP contribution in [0.4, 0.5) is 5.82 Å². The molecule has 0 spiro atoms. The van der Waals surface area contributed by atoms with E-state index in [9.17, 15) is 4.79 Å². The quantitative estimate of drug-likeness (QED) is 0.925. The predicted molar refractivity (Wildman–Crippen MR) is 86.1 cm³/mol. The highest BCUT2D eigenvalue weighted by atomic mass is 16.2. The van der Waals surface area contributed by atoms with Crippen molar-refractivity contribution in [1.82, 2.24) is 24.5 Å². The number of rotatable bonds is 4. The monoisotopic (exact) mass is 314 g/mol. The van der Waals surface area contributed by atoms with Crippen LogP contribution < -0.4 is 5.32 Å². The third-order valence-corrected chi connectivity index (χ3v) is 4.75. The summed E-state index contributed by atoms with van der Waals surface area (Å²) in [5.41, 5.74) is 1.01. The van der Waals surface area contributed by atoms with Crippen molar-refractivity contribution in [3.8, 4) is 0 Å². The van der Waals surface area contributed by atoms with E-state index in [2.05, 4.69) is 27.3 Å². The molecule has 1 amide bonds. The van der Waals surface area contributed by atoms with Gasteiger partial charge in [-0.2, -0.15) is 14.6 Å². The number of hydrogen-bond donors (Lipinski definition) is 1. The van der Waals surface area contributed by atoms with E-state index in [1.165, 1.54) is 6.33 Å². The van der Waals surface area contributed by atoms with E-state index in [0.717, 1.165) is 56.7 Å². The minimum Gasteiger partial charge on any atom is -0.367 e. The standard InChI is InChI=1S/C16H22N6O/c1-2-12-9-14(22-16(20-12)17-10-18-22)19-13-5-7-21(8-6-13)15(23)11-3-4-11/h9-11,13,19H,2-8H2,1H3. The largest absolute Gasteiger partial charge is 0.367 e. The molecule has 0 radical (unpaired) electrons. The van der Waals surface area contributed by atoms with E-state index in [0.29, 0.717) is 23.6 Å². The fourth-order valence-corrected chi connectivity index (χ4v) is 3.19. The van der Waals surface area contributed by atoms with Crippen LogP contribution in [0.1, 0.15) is 38.3 Å². The molecule has 1 aliphatic carbocycles. The molecule has 7 nitrogen and oxygen atoms in total. The van der Waals surface area contributed by atoms with Gasteiger partial charge < -0.3 is 10.2 Å². The normalized spacial score (nSPS) is 19.3. The maximum absolute atomic E-state index is 12.1. The lowest BCUT2D eigenvalue weighted by molar-refractivity contribution is -0.133. The van der Waals surface area contributed by atoms with Crippen LogP contribution in [0.5, 0.6) is 0 Å². The SMILES string of the molecule is CCc1cc(NC2CCN(C(=O)C3CC3)CC2)n2ncnc2n1. The minimum absolute atomic E-state index is 0.321. The number of fused-ring (bicyclic) bond motifs is 1. The van der Waals surface area contributed by atoms with Gasteiger partial charge in [-0.3, -0.25) is 4.79 Å². The van der Waals surface area contributed by atoms with Crippen molar-refractivity contribution >= 4 is 17.5 Å². The summed E-state index contributed by atoms with van der Waals surface area (Å²) in [4.78, 5) is 22.8. The average molecular weight is 314 g/mol. The second-order valence-electron chi connectivity index (χ2n) is 6.48. The van der Waals surface area contributed by atoms with Crippen molar-refractivity contribution in [2.45, 2.75) is 45.1 Å². The summed E-state index contributed by atoms with van der Waals surface area (Å²) in [6.45, 7) is 3.78. The van der Waals surface area contributed by atoms with Gasteiger partial charge >= 0.3 is 0 Å². The molecular weight excluding hydrogens is 292 g/mol. The zero-order chi connectivity index (χ0) is 15.8. The van der Waals surface area contributed by atoms with E-state index in [4.69, 9.17) is 0 Å². The van der Waals surface area contributed by atoms with Crippen molar-refractivity contribution in [1.29, 1.82) is 0 Å². The minimum atomic E-state index is 0.321. The van der Waals surface area contributed by atoms with Gasteiger partial charge in [0.15, 0.2) is 0 Å². The highest BCUT2D eigenvalue weighted by Crippen LogP contribution is 2.32. The lowest BCUT2D eigenvalue weighted by Crippen LogP contribution is -2.43. The molecule has 0 aromatic carbocycles. The molecule has 2 aromatic rings. The Kier molecular flexibility index (Phi) is 3.63. The Balaban J connectivity index is 1.44. The summed E-state index contributed by atoms with van der Waals surface area (Å²) in [5, 5.41) is 7.82. The van der Waals surface area contributed by atoms with Crippen molar-refractivity contribution in [3.63, 3.8) is 0 Å². The fourth-order valence-electron chi connectivity index (χ4n) is 3.19. The van der Waals surface area contributed by atoms with Gasteiger partial charge in [0.2, 0.25) is 5.91 Å². The fraction of sp³-hybridized carbons (Fsp3) is 0.625. The first-order chi connectivity index (χ1) is 11.2. The van der Waals surface area contributed by atoms with Gasteiger partial charge in [-0.05, 0) is 32.1 Å². The number of hydrogen-bond acceptors (Lipinski definition) is 5. The zero-order valence-corrected chi connectivity index (χ0v) is 13.4. The molecule has 7 heteroatoms. The van der Waals surface area contributed by atoms with Crippen molar-refractivity contribution in [2.75, 3.05) is 18.4 Å². The summed E-state index contributed by atoms with van der Waals surface area (Å²) in [5.74, 6) is 2.26. The number of aromatic nitrogens is 4. The van der Waals surface area contributed by atoms with Crippen LogP contribution in [0, 0.1) is 5.92 Å². The second-order valence-corrected chi connectivity index (χ2v) is 6.48. The first-order valence-electron chi connectivity index (χ1n) is 8.49. The number of likely N-dealkylation sites (tertiary alicyclic amines) is 1. The molecule has 2 fully saturated rings. The number of nitrogens with zero attached hydrogens (tertiary/aromatic N) is 5. The Morgan fingerprint density at radius 1 is 1.30 bits per heavy atom. The molecule has 0 unspecified atom stereocenters. The molecule has 1 saturated heterocycles. The molecule has 0 atom stereocenters. The van der Waals surface area contributed by atoms with Crippen LogP contribution in [0.25, 0.3) is 5.78 Å². The summed E-state index contributed by atoms with van der Waals surface area (Å²) >= 11 is 0. The molecule has 4 rings (SSSR count). The highest BCUT2D eigenvalue weighted by Gasteiger charge is 2.34. The molecular formula is C16H22N6O. The Hall–Kier alpha value is -2.18. The third kappa shape index (κ3) is 2.87. The van der Waals surface area contributed by atoms with E-state index in [1.54, 1.807) is 4.52 Å². The summed E-state index contributed by atoms with van der Waals surface area (Å²) in [6.07, 6.45) is 6.50. The summed E-state index contributed by atoms with van der Waals surface area (Å²) in [6, 6.07) is 2.40. The molecule has 3 heterocycles. The first kappa shape index (κ1) is 14.4. The number of carbonyl (C=O) groups is 1. The van der Waals surface area contributed by atoms with Gasteiger partial charge in [-0.25, -0.2) is 4.98 Å². The van der Waals surface area contributed by atoms with Crippen molar-refractivity contribution in [2.24, 2.45) is 5.92 Å². The van der Waals surface area contributed by atoms with Gasteiger partial charge in [-0.1, -0.05) is 6.92 Å². The Labute approximate surface area is 135 Å². The molecule has 2 aliphatic rings. The second kappa shape index (κ2) is 5.79. The maximum Gasteiger partial charge on any atom is 0.254 e. The lowest BCUT2D eigenvalue weighted by atomic mass is 10.0. The molecule has 1 saturated carbocycles. The average Bonchev–Trinajstić information content (AvgIpc) is 3.32. The van der Waals surface area contributed by atoms with Gasteiger partial charge in [0.05, 0.1) is 0 Å². The number of anilines is 1. The van der Waals surface area contributed by atoms with Crippen molar-refractivity contribution < 1.29 is 4.79 Å². The van der Waals surface area contributed by atoms with Crippen LogP contribution in [0.3, 0.4) is 0 Å². The zero-order valence-electron chi connectivity index (χ0n) is 13.4. The Morgan fingerprint density at radius 2 is 2.09 bits per heavy atom. The molecule has 0 bridgehead atoms. The molecule has 122 valence electrons. The molecule has 23 heavy (non-hydrogen) atoms. The van der Waals surface area contributed by atoms with Crippen LogP contribution in [0.15, 0.2) is 12.4 Å². The topological polar surface area (TPSA) is 75.4 Å². The Morgan fingerprint density at radius 3 is 2.78 bits per heavy atom. The van der Waals surface area contributed by atoms with Gasteiger partial charge in [0.1, 0.15) is 12.1 Å². The predicted octanol–water partition coefficient (Wildman–Crippen LogP) is 1.50. The summed E-state index contributed by atoms with van der Waals surface area (Å²) < 4.78 is 1.75. The Bertz CT molecular complexity index is 714. The molecule has 1 aliphatic heterocycles. The number of carbonyl (C=O) groups excluding carboxylic acids is 1. The summed E-state index contributed by atoms with van der Waals surface area (Å²) in [7, 11) is 0. The van der Waals surface area contributed by atoms with E-state index < -0.39 is 0 Å². The van der Waals surface area contributed by atoms with Crippen molar-refractivity contribution in [3.05, 3.63) is 18.1 Å². The van der Waals surface area contributed by atoms with E-state index in [-0.39, 0.29) is 0 Å². The number of amides is 1. The van der Waals surface area contributed by atoms with Crippen LogP contribution in [-0.2, 0) is 11.2 Å². The highest BCUT2D eigenvalue weighted by molar-refractivity contribution is 5.81. The van der Waals surface area contributed by atoms with E-state index in [1.807, 2.05) is 11.0 Å². The van der Waals surface area contributed by atoms with Crippen LogP contribution in [-0.4, -0.2) is 49.5 Å². The maximum atomic E-state index is 12.1. The van der Waals surface area contributed by atoms with E-state index >= 15 is 0 Å². The lowest BCUT2D eigenvalue weighted by Gasteiger charge is -2.33. The smallest absolute Gasteiger partial charge is 0.254 e. The molecule has 1 N–H and O–H groups in total. The van der Waals surface area contributed by atoms with Gasteiger partial charge in [0.25, 0.3) is 5.78 Å². The van der Waals surface area contributed by atoms with Gasteiger partial charge in [-0.15, -0.1) is 0 Å². The third-order valence-electron chi connectivity index (χ3n) is 4.75. The van der Waals surface area contributed by atoms with Crippen LogP contribution in [0.2, 0.25) is 0 Å².